The SMILES string of the molecule is NC(CNc1cnc(OC(F)(F)F)cn1)C1CC1. The van der Waals surface area contributed by atoms with E-state index in [4.69, 9.17) is 5.73 Å². The van der Waals surface area contributed by atoms with Crippen molar-refractivity contribution in [3.8, 4) is 5.88 Å². The minimum atomic E-state index is -4.75. The van der Waals surface area contributed by atoms with Crippen LogP contribution in [0.25, 0.3) is 0 Å². The molecule has 5 nitrogen and oxygen atoms in total. The first kappa shape index (κ1) is 12.9. The van der Waals surface area contributed by atoms with E-state index in [0.717, 1.165) is 19.0 Å². The van der Waals surface area contributed by atoms with Gasteiger partial charge in [-0.25, -0.2) is 9.97 Å². The molecule has 1 heterocycles. The fraction of sp³-hybridized carbons (Fsp3) is 0.600. The third-order valence-electron chi connectivity index (χ3n) is 2.59. The predicted molar refractivity (Wildman–Crippen MR) is 57.9 cm³/mol. The number of rotatable bonds is 5. The molecule has 0 spiro atoms. The number of nitrogens with two attached hydrogens (primary N) is 1. The molecule has 1 fully saturated rings. The number of nitrogens with one attached hydrogen (secondary N) is 1. The van der Waals surface area contributed by atoms with Crippen LogP contribution >= 0.6 is 0 Å². The van der Waals surface area contributed by atoms with Gasteiger partial charge in [-0.3, -0.25) is 0 Å². The Labute approximate surface area is 102 Å². The van der Waals surface area contributed by atoms with Crippen LogP contribution in [0.3, 0.4) is 0 Å². The summed E-state index contributed by atoms with van der Waals surface area (Å²) in [5.41, 5.74) is 5.86. The molecule has 1 aliphatic carbocycles. The van der Waals surface area contributed by atoms with E-state index in [1.165, 1.54) is 6.20 Å². The first-order valence-electron chi connectivity index (χ1n) is 5.51. The molecular weight excluding hydrogens is 249 g/mol. The Morgan fingerprint density at radius 2 is 2.11 bits per heavy atom. The van der Waals surface area contributed by atoms with E-state index in [2.05, 4.69) is 20.0 Å². The van der Waals surface area contributed by atoms with Gasteiger partial charge in [0, 0.05) is 12.6 Å². The Morgan fingerprint density at radius 3 is 2.61 bits per heavy atom. The third kappa shape index (κ3) is 4.02. The van der Waals surface area contributed by atoms with Crippen LogP contribution in [0.5, 0.6) is 5.88 Å². The maximum absolute atomic E-state index is 11.9. The van der Waals surface area contributed by atoms with Crippen molar-refractivity contribution in [1.29, 1.82) is 0 Å². The van der Waals surface area contributed by atoms with Crippen LogP contribution < -0.4 is 15.8 Å². The molecule has 1 unspecified atom stereocenters. The molecule has 1 atom stereocenters. The lowest BCUT2D eigenvalue weighted by molar-refractivity contribution is -0.276. The number of nitrogens with zero attached hydrogens (tertiary/aromatic N) is 2. The van der Waals surface area contributed by atoms with Crippen molar-refractivity contribution in [3.05, 3.63) is 12.4 Å². The minimum Gasteiger partial charge on any atom is -0.386 e. The Kier molecular flexibility index (Phi) is 3.55. The van der Waals surface area contributed by atoms with E-state index in [-0.39, 0.29) is 6.04 Å². The summed E-state index contributed by atoms with van der Waals surface area (Å²) < 4.78 is 39.2. The van der Waals surface area contributed by atoms with Crippen LogP contribution in [0.15, 0.2) is 12.4 Å². The molecule has 3 N–H and O–H groups in total. The van der Waals surface area contributed by atoms with Crippen molar-refractivity contribution in [2.45, 2.75) is 25.2 Å². The normalized spacial score (nSPS) is 17.3. The number of anilines is 1. The highest BCUT2D eigenvalue weighted by atomic mass is 19.4. The molecule has 100 valence electrons. The fourth-order valence-electron chi connectivity index (χ4n) is 1.49. The average Bonchev–Trinajstić information content (AvgIpc) is 3.09. The molecule has 1 aromatic heterocycles. The van der Waals surface area contributed by atoms with Crippen molar-refractivity contribution in [3.63, 3.8) is 0 Å². The highest BCUT2D eigenvalue weighted by molar-refractivity contribution is 5.32. The Morgan fingerprint density at radius 1 is 1.39 bits per heavy atom. The summed E-state index contributed by atoms with van der Waals surface area (Å²) in [7, 11) is 0. The van der Waals surface area contributed by atoms with Gasteiger partial charge in [0.25, 0.3) is 0 Å². The summed E-state index contributed by atoms with van der Waals surface area (Å²) in [6.07, 6.45) is -0.392. The average molecular weight is 262 g/mol. The van der Waals surface area contributed by atoms with Gasteiger partial charge in [-0.2, -0.15) is 0 Å². The Hall–Kier alpha value is -1.57. The fourth-order valence-corrected chi connectivity index (χ4v) is 1.49. The van der Waals surface area contributed by atoms with Gasteiger partial charge in [-0.15, -0.1) is 13.2 Å². The van der Waals surface area contributed by atoms with E-state index in [1.54, 1.807) is 0 Å². The van der Waals surface area contributed by atoms with Crippen LogP contribution in [-0.2, 0) is 0 Å². The number of hydrogen-bond acceptors (Lipinski definition) is 5. The first-order chi connectivity index (χ1) is 8.44. The van der Waals surface area contributed by atoms with Crippen LogP contribution in [0.4, 0.5) is 19.0 Å². The van der Waals surface area contributed by atoms with E-state index in [1.807, 2.05) is 0 Å². The van der Waals surface area contributed by atoms with Gasteiger partial charge >= 0.3 is 6.36 Å². The number of hydrogen-bond donors (Lipinski definition) is 2. The van der Waals surface area contributed by atoms with Crippen molar-refractivity contribution >= 4 is 5.82 Å². The van der Waals surface area contributed by atoms with Crippen molar-refractivity contribution in [1.82, 2.24) is 9.97 Å². The zero-order valence-electron chi connectivity index (χ0n) is 9.44. The standard InChI is InChI=1S/C10H13F3N4O/c11-10(12,13)18-9-5-16-8(4-17-9)15-3-7(14)6-1-2-6/h4-7H,1-3,14H2,(H,15,16). The Bertz CT molecular complexity index is 391. The molecule has 0 saturated heterocycles. The second kappa shape index (κ2) is 4.97. The van der Waals surface area contributed by atoms with Crippen LogP contribution in [0.1, 0.15) is 12.8 Å². The first-order valence-corrected chi connectivity index (χ1v) is 5.51. The number of ether oxygens (including phenoxy) is 1. The molecule has 0 amide bonds. The molecule has 1 aromatic rings. The number of alkyl halides is 3. The molecular formula is C10H13F3N4O. The lowest BCUT2D eigenvalue weighted by Gasteiger charge is -2.12. The third-order valence-corrected chi connectivity index (χ3v) is 2.59. The highest BCUT2D eigenvalue weighted by Gasteiger charge is 2.32. The van der Waals surface area contributed by atoms with Crippen molar-refractivity contribution < 1.29 is 17.9 Å². The van der Waals surface area contributed by atoms with E-state index < -0.39 is 12.2 Å². The maximum atomic E-state index is 11.9. The molecule has 1 saturated carbocycles. The van der Waals surface area contributed by atoms with Crippen LogP contribution in [0.2, 0.25) is 0 Å². The van der Waals surface area contributed by atoms with Gasteiger partial charge in [-0.1, -0.05) is 0 Å². The molecule has 0 aromatic carbocycles. The molecule has 18 heavy (non-hydrogen) atoms. The van der Waals surface area contributed by atoms with E-state index >= 15 is 0 Å². The van der Waals surface area contributed by atoms with Gasteiger partial charge in [-0.05, 0) is 18.8 Å². The van der Waals surface area contributed by atoms with Gasteiger partial charge in [0.15, 0.2) is 0 Å². The molecule has 8 heteroatoms. The number of halogens is 3. The summed E-state index contributed by atoms with van der Waals surface area (Å²) in [6.45, 7) is 0.527. The summed E-state index contributed by atoms with van der Waals surface area (Å²) in [5, 5.41) is 2.92. The van der Waals surface area contributed by atoms with E-state index in [9.17, 15) is 13.2 Å². The molecule has 0 bridgehead atoms. The summed E-state index contributed by atoms with van der Waals surface area (Å²) >= 11 is 0. The Balaban J connectivity index is 1.83. The van der Waals surface area contributed by atoms with Gasteiger partial charge in [0.05, 0.1) is 12.4 Å². The van der Waals surface area contributed by atoms with Gasteiger partial charge in [0.1, 0.15) is 5.82 Å². The van der Waals surface area contributed by atoms with Crippen molar-refractivity contribution in [2.75, 3.05) is 11.9 Å². The quantitative estimate of drug-likeness (QED) is 0.841. The molecule has 2 rings (SSSR count). The maximum Gasteiger partial charge on any atom is 0.574 e. The van der Waals surface area contributed by atoms with Gasteiger partial charge in [0.2, 0.25) is 5.88 Å². The lowest BCUT2D eigenvalue weighted by Crippen LogP contribution is -2.31. The lowest BCUT2D eigenvalue weighted by atomic mass is 10.2. The van der Waals surface area contributed by atoms with Crippen LogP contribution in [-0.4, -0.2) is 28.9 Å². The zero-order valence-corrected chi connectivity index (χ0v) is 9.44. The topological polar surface area (TPSA) is 73.1 Å². The summed E-state index contributed by atoms with van der Waals surface area (Å²) in [6, 6.07) is 0.0397. The summed E-state index contributed by atoms with van der Waals surface area (Å²) in [5.74, 6) is 0.332. The zero-order chi connectivity index (χ0) is 13.2. The monoisotopic (exact) mass is 262 g/mol. The molecule has 1 aliphatic rings. The minimum absolute atomic E-state index is 0.0397. The van der Waals surface area contributed by atoms with Crippen molar-refractivity contribution in [2.24, 2.45) is 11.7 Å². The largest absolute Gasteiger partial charge is 0.574 e. The van der Waals surface area contributed by atoms with E-state index in [0.29, 0.717) is 18.3 Å². The summed E-state index contributed by atoms with van der Waals surface area (Å²) in [4.78, 5) is 7.25. The molecule has 0 radical (unpaired) electrons. The second-order valence-corrected chi connectivity index (χ2v) is 4.17. The second-order valence-electron chi connectivity index (χ2n) is 4.17. The van der Waals surface area contributed by atoms with Gasteiger partial charge < -0.3 is 15.8 Å². The van der Waals surface area contributed by atoms with Crippen LogP contribution in [0, 0.1) is 5.92 Å². The smallest absolute Gasteiger partial charge is 0.386 e. The highest BCUT2D eigenvalue weighted by Crippen LogP contribution is 2.31. The number of aromatic nitrogens is 2. The predicted octanol–water partition coefficient (Wildman–Crippen LogP) is 1.52. The molecule has 0 aliphatic heterocycles.